The van der Waals surface area contributed by atoms with Crippen LogP contribution in [0.3, 0.4) is 0 Å². The zero-order chi connectivity index (χ0) is 17.5. The van der Waals surface area contributed by atoms with Crippen LogP contribution >= 0.6 is 0 Å². The average molecular weight is 338 g/mol. The van der Waals surface area contributed by atoms with Gasteiger partial charge in [-0.1, -0.05) is 48.5 Å². The molecule has 1 aromatic heterocycles. The van der Waals surface area contributed by atoms with E-state index in [0.717, 1.165) is 22.7 Å². The molecule has 0 saturated carbocycles. The van der Waals surface area contributed by atoms with Gasteiger partial charge >= 0.3 is 0 Å². The lowest BCUT2D eigenvalue weighted by Gasteiger charge is -2.28. The number of para-hydroxylation sites is 1. The zero-order valence-electron chi connectivity index (χ0n) is 13.8. The first-order valence-electron chi connectivity index (χ1n) is 8.37. The van der Waals surface area contributed by atoms with E-state index in [0.29, 0.717) is 11.3 Å². The number of benzene rings is 2. The van der Waals surface area contributed by atoms with Crippen LogP contribution in [-0.4, -0.2) is 21.5 Å². The summed E-state index contributed by atoms with van der Waals surface area (Å²) in [5.74, 6) is -0.0933. The van der Waals surface area contributed by atoms with Gasteiger partial charge in [-0.3, -0.25) is 9.79 Å². The second-order valence-corrected chi connectivity index (χ2v) is 6.15. The summed E-state index contributed by atoms with van der Waals surface area (Å²) >= 11 is 0. The predicted molar refractivity (Wildman–Crippen MR) is 99.1 cm³/mol. The Balaban J connectivity index is 1.73. The van der Waals surface area contributed by atoms with E-state index < -0.39 is 0 Å². The minimum Gasteiger partial charge on any atom is -0.313 e. The standard InChI is InChI=1S/C21H14N4O/c26-18-11-17-20(19-16(18)12-22-13-23-19)24-21(14-7-3-1-4-8-14)25(17)15-9-5-2-6-10-15/h1-13,21H. The molecule has 5 rings (SSSR count). The summed E-state index contributed by atoms with van der Waals surface area (Å²) in [6, 6.07) is 20.1. The van der Waals surface area contributed by atoms with Crippen molar-refractivity contribution in [2.75, 3.05) is 4.90 Å². The summed E-state index contributed by atoms with van der Waals surface area (Å²) in [6.45, 7) is 0. The van der Waals surface area contributed by atoms with Crippen molar-refractivity contribution in [1.29, 1.82) is 0 Å². The van der Waals surface area contributed by atoms with Gasteiger partial charge < -0.3 is 4.90 Å². The molecule has 1 aliphatic heterocycles. The number of aromatic nitrogens is 2. The minimum absolute atomic E-state index is 0.0933. The number of nitrogens with zero attached hydrogens (tertiary/aromatic N) is 4. The smallest absolute Gasteiger partial charge is 0.191 e. The van der Waals surface area contributed by atoms with Gasteiger partial charge in [-0.2, -0.15) is 0 Å². The number of ketones is 1. The van der Waals surface area contributed by atoms with Gasteiger partial charge in [0.1, 0.15) is 17.7 Å². The van der Waals surface area contributed by atoms with Gasteiger partial charge in [0.05, 0.1) is 11.3 Å². The molecule has 0 saturated heterocycles. The summed E-state index contributed by atoms with van der Waals surface area (Å²) in [7, 11) is 0. The number of fused-ring (bicyclic) bond motifs is 3. The van der Waals surface area contributed by atoms with Gasteiger partial charge in [0.15, 0.2) is 11.9 Å². The minimum atomic E-state index is -0.242. The lowest BCUT2D eigenvalue weighted by Crippen LogP contribution is -2.28. The van der Waals surface area contributed by atoms with E-state index in [2.05, 4.69) is 14.9 Å². The Morgan fingerprint density at radius 2 is 1.65 bits per heavy atom. The highest BCUT2D eigenvalue weighted by Crippen LogP contribution is 2.40. The summed E-state index contributed by atoms with van der Waals surface area (Å²) in [4.78, 5) is 28.0. The Bertz CT molecular complexity index is 1060. The van der Waals surface area contributed by atoms with Crippen LogP contribution in [0, 0.1) is 0 Å². The van der Waals surface area contributed by atoms with Crippen LogP contribution in [0.4, 0.5) is 5.69 Å². The third-order valence-electron chi connectivity index (χ3n) is 4.60. The molecule has 0 amide bonds. The molecular formula is C21H14N4O. The molecule has 26 heavy (non-hydrogen) atoms. The molecule has 0 fully saturated rings. The maximum Gasteiger partial charge on any atom is 0.191 e. The Labute approximate surface area is 150 Å². The SMILES string of the molecule is O=C1C=C2C(=NC(c3ccccc3)N2c2ccccc2)c2ncncc21. The van der Waals surface area contributed by atoms with Gasteiger partial charge in [0.25, 0.3) is 0 Å². The molecule has 2 aromatic carbocycles. The topological polar surface area (TPSA) is 58.5 Å². The van der Waals surface area contributed by atoms with Crippen LogP contribution in [0.15, 0.2) is 90.0 Å². The molecule has 2 aliphatic rings. The van der Waals surface area contributed by atoms with Crippen molar-refractivity contribution in [2.24, 2.45) is 4.99 Å². The molecule has 0 N–H and O–H groups in total. The van der Waals surface area contributed by atoms with Crippen molar-refractivity contribution >= 4 is 17.2 Å². The Hall–Kier alpha value is -3.60. The second-order valence-electron chi connectivity index (χ2n) is 6.15. The number of anilines is 1. The number of allylic oxidation sites excluding steroid dienone is 2. The molecule has 0 bridgehead atoms. The Morgan fingerprint density at radius 1 is 0.923 bits per heavy atom. The second kappa shape index (κ2) is 5.74. The van der Waals surface area contributed by atoms with Crippen LogP contribution in [-0.2, 0) is 0 Å². The summed E-state index contributed by atoms with van der Waals surface area (Å²) in [6.07, 6.45) is 4.41. The van der Waals surface area contributed by atoms with E-state index in [-0.39, 0.29) is 11.9 Å². The maximum absolute atomic E-state index is 12.6. The molecule has 5 heteroatoms. The fourth-order valence-electron chi connectivity index (χ4n) is 3.43. The maximum atomic E-state index is 12.6. The van der Waals surface area contributed by atoms with Crippen molar-refractivity contribution in [3.8, 4) is 0 Å². The summed E-state index contributed by atoms with van der Waals surface area (Å²) < 4.78 is 0. The molecule has 1 atom stereocenters. The Morgan fingerprint density at radius 3 is 2.42 bits per heavy atom. The van der Waals surface area contributed by atoms with Crippen molar-refractivity contribution in [3.05, 3.63) is 102 Å². The monoisotopic (exact) mass is 338 g/mol. The highest BCUT2D eigenvalue weighted by molar-refractivity contribution is 6.27. The van der Waals surface area contributed by atoms with Crippen LogP contribution < -0.4 is 4.90 Å². The van der Waals surface area contributed by atoms with Gasteiger partial charge in [-0.05, 0) is 17.7 Å². The molecule has 124 valence electrons. The number of hydrogen-bond donors (Lipinski definition) is 0. The lowest BCUT2D eigenvalue weighted by molar-refractivity contribution is 0.104. The van der Waals surface area contributed by atoms with Gasteiger partial charge in [0.2, 0.25) is 0 Å². The quantitative estimate of drug-likeness (QED) is 0.717. The molecule has 1 aliphatic carbocycles. The van der Waals surface area contributed by atoms with Gasteiger partial charge in [0, 0.05) is 18.0 Å². The van der Waals surface area contributed by atoms with Crippen molar-refractivity contribution in [3.63, 3.8) is 0 Å². The number of carbonyl (C=O) groups excluding carboxylic acids is 1. The predicted octanol–water partition coefficient (Wildman–Crippen LogP) is 3.56. The lowest BCUT2D eigenvalue weighted by atomic mass is 9.97. The van der Waals surface area contributed by atoms with Crippen LogP contribution in [0.25, 0.3) is 0 Å². The molecule has 5 nitrogen and oxygen atoms in total. The largest absolute Gasteiger partial charge is 0.313 e. The fraction of sp³-hybridized carbons (Fsp3) is 0.0476. The van der Waals surface area contributed by atoms with Crippen molar-refractivity contribution < 1.29 is 4.79 Å². The van der Waals surface area contributed by atoms with E-state index in [1.54, 1.807) is 12.3 Å². The van der Waals surface area contributed by atoms with E-state index >= 15 is 0 Å². The highest BCUT2D eigenvalue weighted by Gasteiger charge is 2.38. The summed E-state index contributed by atoms with van der Waals surface area (Å²) in [5, 5.41) is 0. The normalized spacial score (nSPS) is 18.1. The van der Waals surface area contributed by atoms with Gasteiger partial charge in [-0.25, -0.2) is 9.97 Å². The number of hydrogen-bond acceptors (Lipinski definition) is 5. The number of carbonyl (C=O) groups is 1. The van der Waals surface area contributed by atoms with E-state index in [4.69, 9.17) is 4.99 Å². The molecule has 3 aromatic rings. The Kier molecular flexibility index (Phi) is 3.25. The van der Waals surface area contributed by atoms with Crippen LogP contribution in [0.5, 0.6) is 0 Å². The summed E-state index contributed by atoms with van der Waals surface area (Å²) in [5.41, 5.74) is 4.65. The number of rotatable bonds is 2. The number of aliphatic imine (C=N–C) groups is 1. The van der Waals surface area contributed by atoms with E-state index in [1.807, 2.05) is 60.7 Å². The van der Waals surface area contributed by atoms with E-state index in [9.17, 15) is 4.79 Å². The van der Waals surface area contributed by atoms with Gasteiger partial charge in [-0.15, -0.1) is 0 Å². The molecule has 0 spiro atoms. The van der Waals surface area contributed by atoms with E-state index in [1.165, 1.54) is 6.33 Å². The molecular weight excluding hydrogens is 324 g/mol. The first kappa shape index (κ1) is 14.7. The molecule has 2 heterocycles. The first-order chi connectivity index (χ1) is 12.8. The average Bonchev–Trinajstić information content (AvgIpc) is 3.09. The van der Waals surface area contributed by atoms with Crippen LogP contribution in [0.1, 0.15) is 27.8 Å². The molecule has 0 radical (unpaired) electrons. The third kappa shape index (κ3) is 2.18. The molecule has 1 unspecified atom stereocenters. The zero-order valence-corrected chi connectivity index (χ0v) is 13.8. The van der Waals surface area contributed by atoms with Crippen molar-refractivity contribution in [2.45, 2.75) is 6.17 Å². The van der Waals surface area contributed by atoms with Crippen molar-refractivity contribution in [1.82, 2.24) is 9.97 Å². The fourth-order valence-corrected chi connectivity index (χ4v) is 3.43. The highest BCUT2D eigenvalue weighted by atomic mass is 16.1. The first-order valence-corrected chi connectivity index (χ1v) is 8.37. The third-order valence-corrected chi connectivity index (χ3v) is 4.60. The van der Waals surface area contributed by atoms with Crippen LogP contribution in [0.2, 0.25) is 0 Å².